The smallest absolute Gasteiger partial charge is 0.123 e. The number of halogens is 1. The maximum absolute atomic E-state index is 13.6. The third-order valence-electron chi connectivity index (χ3n) is 7.51. The fourth-order valence-electron chi connectivity index (χ4n) is 5.33. The number of hydrogen-bond acceptors (Lipinski definition) is 3. The van der Waals surface area contributed by atoms with Crippen molar-refractivity contribution in [3.8, 4) is 22.5 Å². The normalized spacial score (nSPS) is 11.5. The molecular weight excluding hydrogens is 756 g/mol. The molecular formula is C38H39FIrN2SSi-2. The summed E-state index contributed by atoms with van der Waals surface area (Å²) in [6.07, 6.45) is 5.09. The Morgan fingerprint density at radius 1 is 0.841 bits per heavy atom. The molecule has 6 aromatic rings. The number of aromatic nitrogens is 2. The van der Waals surface area contributed by atoms with E-state index < -0.39 is 8.07 Å². The first-order chi connectivity index (χ1) is 20.5. The molecule has 6 heteroatoms. The van der Waals surface area contributed by atoms with E-state index in [1.165, 1.54) is 22.4 Å². The van der Waals surface area contributed by atoms with Crippen molar-refractivity contribution in [2.45, 2.75) is 59.7 Å². The molecule has 0 bridgehead atoms. The minimum absolute atomic E-state index is 0. The Bertz CT molecular complexity index is 1860. The summed E-state index contributed by atoms with van der Waals surface area (Å²) in [4.78, 5) is 9.22. The number of pyridine rings is 2. The van der Waals surface area contributed by atoms with Crippen LogP contribution in [0.2, 0.25) is 19.6 Å². The van der Waals surface area contributed by atoms with Gasteiger partial charge >= 0.3 is 0 Å². The zero-order valence-electron chi connectivity index (χ0n) is 26.5. The van der Waals surface area contributed by atoms with Gasteiger partial charge in [0.25, 0.3) is 0 Å². The van der Waals surface area contributed by atoms with E-state index in [1.54, 1.807) is 17.4 Å². The third-order valence-corrected chi connectivity index (χ3v) is 10.8. The largest absolute Gasteiger partial charge is 0.305 e. The van der Waals surface area contributed by atoms with E-state index in [1.807, 2.05) is 42.6 Å². The number of benzene rings is 3. The number of nitrogens with zero attached hydrogens (tertiary/aromatic N) is 2. The van der Waals surface area contributed by atoms with Gasteiger partial charge in [-0.25, -0.2) is 4.39 Å². The SMILES string of the molecule is CC(C)Cc1cc(-c2[c-]cccc2)ncc1[Si](C)(C)C.CC(C)c1ccnc(-c2[c-]ccc3c2sc2ccc(F)cc23)c1.[Ir]. The van der Waals surface area contributed by atoms with Crippen LogP contribution in [0.1, 0.15) is 44.7 Å². The van der Waals surface area contributed by atoms with Gasteiger partial charge in [-0.2, -0.15) is 11.3 Å². The van der Waals surface area contributed by atoms with Crippen LogP contribution in [0.4, 0.5) is 4.39 Å². The van der Waals surface area contributed by atoms with Crippen molar-refractivity contribution >= 4 is 44.8 Å². The monoisotopic (exact) mass is 795 g/mol. The summed E-state index contributed by atoms with van der Waals surface area (Å²) in [7, 11) is -1.34. The maximum atomic E-state index is 13.6. The van der Waals surface area contributed by atoms with Gasteiger partial charge in [0.2, 0.25) is 0 Å². The van der Waals surface area contributed by atoms with Crippen LogP contribution in [0.5, 0.6) is 0 Å². The summed E-state index contributed by atoms with van der Waals surface area (Å²) in [6.45, 7) is 16.1. The molecule has 3 aromatic heterocycles. The standard InChI is InChI=1S/C20H15FNS.C18H24NSi.Ir/c1-12(2)13-8-9-22-18(10-13)16-5-3-4-15-17-11-14(21)6-7-19(17)23-20(15)16;1-14(2)11-16-12-17(15-9-7-6-8-10-15)19-13-18(16)20(3,4)5;/h3-4,6-12H,1-2H3;6-9,12-14H,11H2,1-5H3;/q2*-1;. The van der Waals surface area contributed by atoms with Gasteiger partial charge in [-0.1, -0.05) is 76.0 Å². The molecule has 0 spiro atoms. The maximum Gasteiger partial charge on any atom is 0.123 e. The number of fused-ring (bicyclic) bond motifs is 3. The van der Waals surface area contributed by atoms with E-state index in [0.29, 0.717) is 11.8 Å². The van der Waals surface area contributed by atoms with Crippen molar-refractivity contribution in [3.63, 3.8) is 0 Å². The van der Waals surface area contributed by atoms with Gasteiger partial charge in [0.05, 0.1) is 8.07 Å². The third kappa shape index (κ3) is 7.78. The molecule has 0 aliphatic carbocycles. The molecule has 0 N–H and O–H groups in total. The molecule has 44 heavy (non-hydrogen) atoms. The van der Waals surface area contributed by atoms with Crippen LogP contribution in [0.15, 0.2) is 85.2 Å². The van der Waals surface area contributed by atoms with Crippen LogP contribution in [0.3, 0.4) is 0 Å². The molecule has 2 nitrogen and oxygen atoms in total. The van der Waals surface area contributed by atoms with Gasteiger partial charge < -0.3 is 9.97 Å². The Hall–Kier alpha value is -3.02. The first-order valence-electron chi connectivity index (χ1n) is 15.0. The summed E-state index contributed by atoms with van der Waals surface area (Å²) in [5.41, 5.74) is 6.78. The van der Waals surface area contributed by atoms with Crippen LogP contribution >= 0.6 is 11.3 Å². The predicted octanol–water partition coefficient (Wildman–Crippen LogP) is 10.5. The summed E-state index contributed by atoms with van der Waals surface area (Å²) in [6, 6.07) is 30.0. The van der Waals surface area contributed by atoms with Gasteiger partial charge in [0.15, 0.2) is 0 Å². The second kappa shape index (κ2) is 14.4. The van der Waals surface area contributed by atoms with Gasteiger partial charge in [0.1, 0.15) is 5.82 Å². The molecule has 1 radical (unpaired) electrons. The molecule has 3 aromatic carbocycles. The van der Waals surface area contributed by atoms with Crippen molar-refractivity contribution in [3.05, 3.63) is 114 Å². The molecule has 0 fully saturated rings. The fraction of sp³-hybridized carbons (Fsp3) is 0.263. The average molecular weight is 795 g/mol. The van der Waals surface area contributed by atoms with Crippen molar-refractivity contribution < 1.29 is 24.5 Å². The molecule has 0 saturated carbocycles. The van der Waals surface area contributed by atoms with Gasteiger partial charge in [-0.3, -0.25) is 0 Å². The van der Waals surface area contributed by atoms with E-state index >= 15 is 0 Å². The fourth-order valence-corrected chi connectivity index (χ4v) is 8.11. The second-order valence-corrected chi connectivity index (χ2v) is 18.9. The summed E-state index contributed by atoms with van der Waals surface area (Å²) in [5, 5.41) is 3.51. The molecule has 0 aliphatic rings. The van der Waals surface area contributed by atoms with E-state index in [4.69, 9.17) is 0 Å². The Morgan fingerprint density at radius 3 is 2.32 bits per heavy atom. The van der Waals surface area contributed by atoms with Crippen LogP contribution in [-0.4, -0.2) is 18.0 Å². The van der Waals surface area contributed by atoms with Crippen LogP contribution in [0.25, 0.3) is 42.7 Å². The summed E-state index contributed by atoms with van der Waals surface area (Å²) < 4.78 is 15.8. The van der Waals surface area contributed by atoms with Crippen LogP contribution in [-0.2, 0) is 26.5 Å². The molecule has 0 saturated heterocycles. The van der Waals surface area contributed by atoms with Crippen LogP contribution < -0.4 is 5.19 Å². The first-order valence-corrected chi connectivity index (χ1v) is 19.3. The molecule has 0 atom stereocenters. The molecule has 0 amide bonds. The van der Waals surface area contributed by atoms with Gasteiger partial charge in [0, 0.05) is 37.2 Å². The van der Waals surface area contributed by atoms with Crippen LogP contribution in [0, 0.1) is 23.9 Å². The average Bonchev–Trinajstić information content (AvgIpc) is 3.35. The number of thiophene rings is 1. The minimum atomic E-state index is -1.34. The molecule has 6 rings (SSSR count). The van der Waals surface area contributed by atoms with E-state index in [-0.39, 0.29) is 25.9 Å². The molecule has 229 valence electrons. The molecule has 3 heterocycles. The number of hydrogen-bond donors (Lipinski definition) is 0. The van der Waals surface area contributed by atoms with Gasteiger partial charge in [-0.05, 0) is 69.2 Å². The second-order valence-electron chi connectivity index (χ2n) is 12.8. The van der Waals surface area contributed by atoms with Gasteiger partial charge in [-0.15, -0.1) is 59.7 Å². The summed E-state index contributed by atoms with van der Waals surface area (Å²) in [5.74, 6) is 0.916. The molecule has 0 aliphatic heterocycles. The number of rotatable bonds is 6. The quantitative estimate of drug-likeness (QED) is 0.124. The van der Waals surface area contributed by atoms with E-state index in [9.17, 15) is 4.39 Å². The topological polar surface area (TPSA) is 25.8 Å². The Labute approximate surface area is 280 Å². The molecule has 0 unspecified atom stereocenters. The van der Waals surface area contributed by atoms with Crippen molar-refractivity contribution in [2.75, 3.05) is 0 Å². The zero-order chi connectivity index (χ0) is 30.7. The zero-order valence-corrected chi connectivity index (χ0v) is 30.7. The minimum Gasteiger partial charge on any atom is -0.305 e. The van der Waals surface area contributed by atoms with Crippen molar-refractivity contribution in [1.82, 2.24) is 9.97 Å². The Balaban J connectivity index is 0.000000199. The van der Waals surface area contributed by atoms with Crippen molar-refractivity contribution in [1.29, 1.82) is 0 Å². The Morgan fingerprint density at radius 2 is 1.64 bits per heavy atom. The van der Waals surface area contributed by atoms with Crippen molar-refractivity contribution in [2.24, 2.45) is 5.92 Å². The first kappa shape index (κ1) is 33.9. The van der Waals surface area contributed by atoms with E-state index in [2.05, 4.69) is 99.9 Å². The van der Waals surface area contributed by atoms with E-state index in [0.717, 1.165) is 49.1 Å². The predicted molar refractivity (Wildman–Crippen MR) is 185 cm³/mol. The summed E-state index contributed by atoms with van der Waals surface area (Å²) >= 11 is 1.67. The Kier molecular flexibility index (Phi) is 11.1.